The third-order valence-corrected chi connectivity index (χ3v) is 6.55. The molecule has 35 heavy (non-hydrogen) atoms. The predicted molar refractivity (Wildman–Crippen MR) is 138 cm³/mol. The van der Waals surface area contributed by atoms with Crippen molar-refractivity contribution in [2.75, 3.05) is 26.7 Å². The summed E-state index contributed by atoms with van der Waals surface area (Å²) in [6.07, 6.45) is 2.36. The standard InChI is InChI=1S/C29H30N4O2/c1-35-25-16-14-23(15-17-25)28(32-18-8-9-19-32)21-30-29(34)27-20-26(22-10-4-2-5-11-22)31-33(27)24-12-6-3-7-13-24/h2-7,10-17,20,28H,8-9,18-19,21H2,1H3,(H,30,34). The topological polar surface area (TPSA) is 59.4 Å². The van der Waals surface area contributed by atoms with Crippen LogP contribution in [-0.2, 0) is 0 Å². The summed E-state index contributed by atoms with van der Waals surface area (Å²) in [4.78, 5) is 16.0. The number of para-hydroxylation sites is 1. The van der Waals surface area contributed by atoms with Crippen LogP contribution in [0.5, 0.6) is 5.75 Å². The lowest BCUT2D eigenvalue weighted by molar-refractivity contribution is 0.0930. The molecule has 6 heteroatoms. The molecule has 1 atom stereocenters. The number of benzene rings is 3. The smallest absolute Gasteiger partial charge is 0.270 e. The second kappa shape index (κ2) is 10.6. The van der Waals surface area contributed by atoms with Crippen molar-refractivity contribution in [2.45, 2.75) is 18.9 Å². The van der Waals surface area contributed by atoms with Crippen LogP contribution < -0.4 is 10.1 Å². The number of likely N-dealkylation sites (tertiary alicyclic amines) is 1. The molecule has 1 amide bonds. The highest BCUT2D eigenvalue weighted by Gasteiger charge is 2.25. The van der Waals surface area contributed by atoms with Gasteiger partial charge in [-0.25, -0.2) is 4.68 Å². The SMILES string of the molecule is COc1ccc(C(CNC(=O)c2cc(-c3ccccc3)nn2-c2ccccc2)N2CCCC2)cc1. The zero-order valence-corrected chi connectivity index (χ0v) is 19.9. The molecular formula is C29H30N4O2. The van der Waals surface area contributed by atoms with Gasteiger partial charge in [-0.05, 0) is 61.8 Å². The third-order valence-electron chi connectivity index (χ3n) is 6.55. The molecule has 1 aromatic heterocycles. The van der Waals surface area contributed by atoms with Crippen LogP contribution >= 0.6 is 0 Å². The Kier molecular flexibility index (Phi) is 6.91. The van der Waals surface area contributed by atoms with Gasteiger partial charge in [0.15, 0.2) is 0 Å². The van der Waals surface area contributed by atoms with E-state index in [-0.39, 0.29) is 11.9 Å². The summed E-state index contributed by atoms with van der Waals surface area (Å²) in [6, 6.07) is 29.9. The maximum Gasteiger partial charge on any atom is 0.270 e. The van der Waals surface area contributed by atoms with Crippen molar-refractivity contribution in [1.29, 1.82) is 0 Å². The van der Waals surface area contributed by atoms with Crippen LogP contribution in [0.2, 0.25) is 0 Å². The summed E-state index contributed by atoms with van der Waals surface area (Å²) >= 11 is 0. The van der Waals surface area contributed by atoms with E-state index < -0.39 is 0 Å². The lowest BCUT2D eigenvalue weighted by Crippen LogP contribution is -2.37. The van der Waals surface area contributed by atoms with Crippen molar-refractivity contribution < 1.29 is 9.53 Å². The normalized spacial score (nSPS) is 14.5. The monoisotopic (exact) mass is 466 g/mol. The van der Waals surface area contributed by atoms with E-state index in [9.17, 15) is 4.79 Å². The van der Waals surface area contributed by atoms with Crippen LogP contribution in [0.3, 0.4) is 0 Å². The van der Waals surface area contributed by atoms with E-state index in [1.807, 2.05) is 78.9 Å². The predicted octanol–water partition coefficient (Wildman–Crippen LogP) is 5.11. The van der Waals surface area contributed by atoms with Crippen molar-refractivity contribution in [3.05, 3.63) is 102 Å². The van der Waals surface area contributed by atoms with Gasteiger partial charge in [0, 0.05) is 12.1 Å². The largest absolute Gasteiger partial charge is 0.497 e. The van der Waals surface area contributed by atoms with Crippen LogP contribution in [0.1, 0.15) is 34.9 Å². The maximum absolute atomic E-state index is 13.5. The number of nitrogens with zero attached hydrogens (tertiary/aromatic N) is 3. The highest BCUT2D eigenvalue weighted by atomic mass is 16.5. The van der Waals surface area contributed by atoms with Crippen molar-refractivity contribution in [3.8, 4) is 22.7 Å². The molecule has 1 unspecified atom stereocenters. The van der Waals surface area contributed by atoms with Gasteiger partial charge in [-0.15, -0.1) is 0 Å². The maximum atomic E-state index is 13.5. The van der Waals surface area contributed by atoms with Gasteiger partial charge < -0.3 is 10.1 Å². The van der Waals surface area contributed by atoms with Gasteiger partial charge in [-0.1, -0.05) is 60.7 Å². The molecule has 0 spiro atoms. The summed E-state index contributed by atoms with van der Waals surface area (Å²) < 4.78 is 7.06. The van der Waals surface area contributed by atoms with Crippen LogP contribution in [0.15, 0.2) is 91.0 Å². The van der Waals surface area contributed by atoms with E-state index in [4.69, 9.17) is 9.84 Å². The van der Waals surface area contributed by atoms with Crippen molar-refractivity contribution in [3.63, 3.8) is 0 Å². The fraction of sp³-hybridized carbons (Fsp3) is 0.241. The Morgan fingerprint density at radius 3 is 2.26 bits per heavy atom. The van der Waals surface area contributed by atoms with E-state index in [2.05, 4.69) is 22.3 Å². The average molecular weight is 467 g/mol. The van der Waals surface area contributed by atoms with E-state index in [1.165, 1.54) is 18.4 Å². The van der Waals surface area contributed by atoms with Gasteiger partial charge in [0.25, 0.3) is 5.91 Å². The number of hydrogen-bond donors (Lipinski definition) is 1. The second-order valence-corrected chi connectivity index (χ2v) is 8.77. The molecular weight excluding hydrogens is 436 g/mol. The number of nitrogens with one attached hydrogen (secondary N) is 1. The molecule has 3 aromatic carbocycles. The highest BCUT2D eigenvalue weighted by Crippen LogP contribution is 2.27. The lowest BCUT2D eigenvalue weighted by atomic mass is 10.0. The number of amides is 1. The van der Waals surface area contributed by atoms with E-state index >= 15 is 0 Å². The summed E-state index contributed by atoms with van der Waals surface area (Å²) in [6.45, 7) is 2.59. The molecule has 1 N–H and O–H groups in total. The number of ether oxygens (including phenoxy) is 1. The van der Waals surface area contributed by atoms with Gasteiger partial charge in [-0.2, -0.15) is 5.10 Å². The van der Waals surface area contributed by atoms with Gasteiger partial charge >= 0.3 is 0 Å². The zero-order valence-electron chi connectivity index (χ0n) is 19.9. The highest BCUT2D eigenvalue weighted by molar-refractivity contribution is 5.94. The van der Waals surface area contributed by atoms with E-state index in [0.717, 1.165) is 35.8 Å². The van der Waals surface area contributed by atoms with Crippen LogP contribution in [-0.4, -0.2) is 47.3 Å². The molecule has 4 aromatic rings. The molecule has 1 saturated heterocycles. The Morgan fingerprint density at radius 2 is 1.60 bits per heavy atom. The van der Waals surface area contributed by atoms with Crippen LogP contribution in [0.4, 0.5) is 0 Å². The minimum absolute atomic E-state index is 0.106. The number of rotatable bonds is 8. The number of hydrogen-bond acceptors (Lipinski definition) is 4. The summed E-state index contributed by atoms with van der Waals surface area (Å²) in [7, 11) is 1.67. The fourth-order valence-electron chi connectivity index (χ4n) is 4.68. The fourth-order valence-corrected chi connectivity index (χ4v) is 4.68. The molecule has 0 radical (unpaired) electrons. The first-order chi connectivity index (χ1) is 17.2. The first-order valence-electron chi connectivity index (χ1n) is 12.1. The number of methoxy groups -OCH3 is 1. The van der Waals surface area contributed by atoms with Crippen LogP contribution in [0, 0.1) is 0 Å². The number of carbonyl (C=O) groups excluding carboxylic acids is 1. The molecule has 0 aliphatic carbocycles. The quantitative estimate of drug-likeness (QED) is 0.392. The molecule has 0 bridgehead atoms. The molecule has 1 fully saturated rings. The summed E-state index contributed by atoms with van der Waals surface area (Å²) in [5.74, 6) is 0.694. The Hall–Kier alpha value is -3.90. The summed E-state index contributed by atoms with van der Waals surface area (Å²) in [5, 5.41) is 7.99. The van der Waals surface area contributed by atoms with Gasteiger partial charge in [0.1, 0.15) is 11.4 Å². The second-order valence-electron chi connectivity index (χ2n) is 8.77. The molecule has 178 valence electrons. The van der Waals surface area contributed by atoms with Gasteiger partial charge in [-0.3, -0.25) is 9.69 Å². The minimum atomic E-state index is -0.138. The molecule has 6 nitrogen and oxygen atoms in total. The van der Waals surface area contributed by atoms with E-state index in [0.29, 0.717) is 12.2 Å². The molecule has 0 saturated carbocycles. The average Bonchev–Trinajstić information content (AvgIpc) is 3.61. The first-order valence-corrected chi connectivity index (χ1v) is 12.1. The Balaban J connectivity index is 1.42. The molecule has 1 aliphatic heterocycles. The van der Waals surface area contributed by atoms with Gasteiger partial charge in [0.05, 0.1) is 24.5 Å². The molecule has 2 heterocycles. The van der Waals surface area contributed by atoms with Crippen LogP contribution in [0.25, 0.3) is 16.9 Å². The Morgan fingerprint density at radius 1 is 0.943 bits per heavy atom. The van der Waals surface area contributed by atoms with E-state index in [1.54, 1.807) is 11.8 Å². The van der Waals surface area contributed by atoms with Crippen molar-refractivity contribution in [1.82, 2.24) is 20.0 Å². The first kappa shape index (κ1) is 22.9. The zero-order chi connectivity index (χ0) is 24.0. The van der Waals surface area contributed by atoms with Gasteiger partial charge in [0.2, 0.25) is 0 Å². The Bertz CT molecular complexity index is 1250. The third kappa shape index (κ3) is 5.12. The molecule has 1 aliphatic rings. The van der Waals surface area contributed by atoms with Crippen molar-refractivity contribution in [2.24, 2.45) is 0 Å². The number of aromatic nitrogens is 2. The van der Waals surface area contributed by atoms with Crippen molar-refractivity contribution >= 4 is 5.91 Å². The summed E-state index contributed by atoms with van der Waals surface area (Å²) in [5.41, 5.74) is 4.29. The number of carbonyl (C=O) groups is 1. The Labute approximate surface area is 206 Å². The minimum Gasteiger partial charge on any atom is -0.497 e. The lowest BCUT2D eigenvalue weighted by Gasteiger charge is -2.28. The molecule has 5 rings (SSSR count).